The lowest BCUT2D eigenvalue weighted by Crippen LogP contribution is -2.42. The molecule has 0 atom stereocenters. The van der Waals surface area contributed by atoms with Crippen molar-refractivity contribution in [2.45, 2.75) is 13.0 Å². The van der Waals surface area contributed by atoms with Gasteiger partial charge in [0.15, 0.2) is 0 Å². The maximum absolute atomic E-state index is 5.39. The fourth-order valence-electron chi connectivity index (χ4n) is 2.92. The van der Waals surface area contributed by atoms with Crippen LogP contribution in [0.5, 0.6) is 0 Å². The van der Waals surface area contributed by atoms with Crippen molar-refractivity contribution in [2.75, 3.05) is 45.9 Å². The Morgan fingerprint density at radius 2 is 1.84 bits per heavy atom. The Balaban J connectivity index is 1.54. The molecule has 3 rings (SSSR count). The van der Waals surface area contributed by atoms with Gasteiger partial charge in [-0.05, 0) is 23.6 Å². The van der Waals surface area contributed by atoms with E-state index < -0.39 is 0 Å². The summed E-state index contributed by atoms with van der Waals surface area (Å²) in [4.78, 5) is 5.09. The van der Waals surface area contributed by atoms with E-state index in [1.165, 1.54) is 41.7 Å². The first-order valence-corrected chi connectivity index (χ1v) is 7.91. The molecule has 1 fully saturated rings. The van der Waals surface area contributed by atoms with Crippen LogP contribution in [0.15, 0.2) is 22.7 Å². The highest BCUT2D eigenvalue weighted by Crippen LogP contribution is 2.26. The van der Waals surface area contributed by atoms with Crippen molar-refractivity contribution in [2.24, 2.45) is 0 Å². The first kappa shape index (κ1) is 13.6. The summed E-state index contributed by atoms with van der Waals surface area (Å²) in [7, 11) is 0. The zero-order chi connectivity index (χ0) is 13.1. The van der Waals surface area contributed by atoms with Gasteiger partial charge < -0.3 is 4.74 Å². The molecule has 0 aliphatic carbocycles. The fraction of sp³-hybridized carbons (Fsp3) is 0.600. The van der Waals surface area contributed by atoms with Crippen LogP contribution >= 0.6 is 15.9 Å². The molecule has 1 aromatic carbocycles. The standard InChI is InChI=1S/C15H21BrN2O/c16-15-3-1-2-13-12-18(5-4-14(13)15)7-6-17-8-10-19-11-9-17/h1-3H,4-12H2. The van der Waals surface area contributed by atoms with Crippen LogP contribution in [-0.2, 0) is 17.7 Å². The Morgan fingerprint density at radius 3 is 2.68 bits per heavy atom. The number of rotatable bonds is 3. The molecule has 2 aliphatic rings. The third kappa shape index (κ3) is 3.37. The van der Waals surface area contributed by atoms with Crippen molar-refractivity contribution in [1.82, 2.24) is 9.80 Å². The molecule has 0 saturated carbocycles. The summed E-state index contributed by atoms with van der Waals surface area (Å²) in [5, 5.41) is 0. The molecule has 3 nitrogen and oxygen atoms in total. The van der Waals surface area contributed by atoms with Gasteiger partial charge in [0.25, 0.3) is 0 Å². The number of hydrogen-bond acceptors (Lipinski definition) is 3. The molecule has 19 heavy (non-hydrogen) atoms. The summed E-state index contributed by atoms with van der Waals surface area (Å²) >= 11 is 3.66. The molecule has 0 amide bonds. The smallest absolute Gasteiger partial charge is 0.0594 e. The Hall–Kier alpha value is -0.420. The van der Waals surface area contributed by atoms with Crippen LogP contribution in [0.1, 0.15) is 11.1 Å². The highest BCUT2D eigenvalue weighted by Gasteiger charge is 2.19. The van der Waals surface area contributed by atoms with Gasteiger partial charge in [0.2, 0.25) is 0 Å². The quantitative estimate of drug-likeness (QED) is 0.847. The van der Waals surface area contributed by atoms with E-state index in [0.717, 1.165) is 32.8 Å². The van der Waals surface area contributed by atoms with Gasteiger partial charge in [-0.15, -0.1) is 0 Å². The summed E-state index contributed by atoms with van der Waals surface area (Å²) in [5.74, 6) is 0. The lowest BCUT2D eigenvalue weighted by Gasteiger charge is -2.33. The minimum Gasteiger partial charge on any atom is -0.379 e. The highest BCUT2D eigenvalue weighted by molar-refractivity contribution is 9.10. The van der Waals surface area contributed by atoms with Crippen LogP contribution in [0.2, 0.25) is 0 Å². The monoisotopic (exact) mass is 324 g/mol. The highest BCUT2D eigenvalue weighted by atomic mass is 79.9. The van der Waals surface area contributed by atoms with Crippen LogP contribution in [0.4, 0.5) is 0 Å². The Kier molecular flexibility index (Phi) is 4.53. The van der Waals surface area contributed by atoms with Crippen molar-refractivity contribution in [1.29, 1.82) is 0 Å². The van der Waals surface area contributed by atoms with Crippen LogP contribution in [0.25, 0.3) is 0 Å². The topological polar surface area (TPSA) is 15.7 Å². The Bertz CT molecular complexity index is 432. The maximum atomic E-state index is 5.39. The predicted octanol–water partition coefficient (Wildman–Crippen LogP) is 2.14. The second kappa shape index (κ2) is 6.35. The molecule has 1 aromatic rings. The van der Waals surface area contributed by atoms with Crippen LogP contribution in [-0.4, -0.2) is 55.7 Å². The van der Waals surface area contributed by atoms with E-state index in [1.807, 2.05) is 0 Å². The summed E-state index contributed by atoms with van der Waals surface area (Å²) in [6.07, 6.45) is 1.17. The number of nitrogens with zero attached hydrogens (tertiary/aromatic N) is 2. The van der Waals surface area contributed by atoms with Crippen LogP contribution < -0.4 is 0 Å². The van der Waals surface area contributed by atoms with Crippen molar-refractivity contribution in [3.63, 3.8) is 0 Å². The lowest BCUT2D eigenvalue weighted by atomic mass is 10.00. The molecule has 4 heteroatoms. The zero-order valence-electron chi connectivity index (χ0n) is 11.3. The Labute approximate surface area is 123 Å². The minimum atomic E-state index is 0.899. The molecular weight excluding hydrogens is 304 g/mol. The molecule has 0 spiro atoms. The molecule has 2 heterocycles. The Morgan fingerprint density at radius 1 is 1.05 bits per heavy atom. The third-order valence-electron chi connectivity index (χ3n) is 4.12. The molecular formula is C15H21BrN2O. The summed E-state index contributed by atoms with van der Waals surface area (Å²) < 4.78 is 6.67. The van der Waals surface area contributed by atoms with E-state index in [0.29, 0.717) is 0 Å². The zero-order valence-corrected chi connectivity index (χ0v) is 12.9. The van der Waals surface area contributed by atoms with Gasteiger partial charge in [0.05, 0.1) is 13.2 Å². The molecule has 1 saturated heterocycles. The van der Waals surface area contributed by atoms with E-state index in [4.69, 9.17) is 4.74 Å². The maximum Gasteiger partial charge on any atom is 0.0594 e. The average molecular weight is 325 g/mol. The molecule has 104 valence electrons. The van der Waals surface area contributed by atoms with Gasteiger partial charge in [0, 0.05) is 43.7 Å². The number of benzene rings is 1. The largest absolute Gasteiger partial charge is 0.379 e. The molecule has 0 aromatic heterocycles. The van der Waals surface area contributed by atoms with Gasteiger partial charge >= 0.3 is 0 Å². The summed E-state index contributed by atoms with van der Waals surface area (Å²) in [5.41, 5.74) is 2.99. The second-order valence-electron chi connectivity index (χ2n) is 5.36. The van der Waals surface area contributed by atoms with Gasteiger partial charge in [-0.2, -0.15) is 0 Å². The number of halogens is 1. The predicted molar refractivity (Wildman–Crippen MR) is 80.4 cm³/mol. The summed E-state index contributed by atoms with van der Waals surface area (Å²) in [6.45, 7) is 8.61. The van der Waals surface area contributed by atoms with Crippen molar-refractivity contribution in [3.8, 4) is 0 Å². The average Bonchev–Trinajstić information content (AvgIpc) is 2.46. The molecule has 2 aliphatic heterocycles. The molecule has 0 N–H and O–H groups in total. The number of morpholine rings is 1. The minimum absolute atomic E-state index is 0.899. The lowest BCUT2D eigenvalue weighted by molar-refractivity contribution is 0.0326. The van der Waals surface area contributed by atoms with Crippen LogP contribution in [0, 0.1) is 0 Å². The van der Waals surface area contributed by atoms with E-state index in [9.17, 15) is 0 Å². The molecule has 0 unspecified atom stereocenters. The number of ether oxygens (including phenoxy) is 1. The van der Waals surface area contributed by atoms with Gasteiger partial charge in [-0.25, -0.2) is 0 Å². The van der Waals surface area contributed by atoms with E-state index in [1.54, 1.807) is 0 Å². The number of fused-ring (bicyclic) bond motifs is 1. The molecule has 0 radical (unpaired) electrons. The van der Waals surface area contributed by atoms with Gasteiger partial charge in [0.1, 0.15) is 0 Å². The fourth-order valence-corrected chi connectivity index (χ4v) is 3.53. The first-order valence-electron chi connectivity index (χ1n) is 7.11. The second-order valence-corrected chi connectivity index (χ2v) is 6.21. The number of hydrogen-bond donors (Lipinski definition) is 0. The van der Waals surface area contributed by atoms with E-state index >= 15 is 0 Å². The van der Waals surface area contributed by atoms with Crippen molar-refractivity contribution >= 4 is 15.9 Å². The van der Waals surface area contributed by atoms with Gasteiger partial charge in [-0.1, -0.05) is 28.1 Å². The van der Waals surface area contributed by atoms with E-state index in [2.05, 4.69) is 43.9 Å². The summed E-state index contributed by atoms with van der Waals surface area (Å²) in [6, 6.07) is 6.57. The normalized spacial score (nSPS) is 21.3. The van der Waals surface area contributed by atoms with Crippen LogP contribution in [0.3, 0.4) is 0 Å². The first-order chi connectivity index (χ1) is 9.33. The third-order valence-corrected chi connectivity index (χ3v) is 4.87. The SMILES string of the molecule is Brc1cccc2c1CCN(CCN1CCOCC1)C2. The molecule has 0 bridgehead atoms. The van der Waals surface area contributed by atoms with Crippen molar-refractivity contribution in [3.05, 3.63) is 33.8 Å². The van der Waals surface area contributed by atoms with Crippen molar-refractivity contribution < 1.29 is 4.74 Å². The van der Waals surface area contributed by atoms with Gasteiger partial charge in [-0.3, -0.25) is 9.80 Å². The van der Waals surface area contributed by atoms with E-state index in [-0.39, 0.29) is 0 Å².